The number of rotatable bonds is 3. The molecule has 0 saturated carbocycles. The highest BCUT2D eigenvalue weighted by atomic mass is 79.9. The van der Waals surface area contributed by atoms with Crippen LogP contribution in [0.4, 0.5) is 0 Å². The zero-order valence-corrected chi connectivity index (χ0v) is 15.5. The molecule has 0 spiro atoms. The van der Waals surface area contributed by atoms with Gasteiger partial charge in [0.15, 0.2) is 11.1 Å². The average Bonchev–Trinajstić information content (AvgIpc) is 3.06. The van der Waals surface area contributed by atoms with Gasteiger partial charge in [0.2, 0.25) is 0 Å². The molecule has 2 aliphatic heterocycles. The Morgan fingerprint density at radius 2 is 1.73 bits per heavy atom. The first-order chi connectivity index (χ1) is 10.5. The molecule has 0 bridgehead atoms. The van der Waals surface area contributed by atoms with Gasteiger partial charge in [-0.05, 0) is 70.6 Å². The van der Waals surface area contributed by atoms with E-state index in [2.05, 4.69) is 45.9 Å². The first-order valence-corrected chi connectivity index (χ1v) is 9.73. The smallest absolute Gasteiger partial charge is 0.186 e. The highest BCUT2D eigenvalue weighted by Crippen LogP contribution is 2.41. The van der Waals surface area contributed by atoms with Crippen LogP contribution < -0.4 is 0 Å². The molecule has 122 valence electrons. The molecule has 3 atom stereocenters. The van der Waals surface area contributed by atoms with Crippen LogP contribution in [0.1, 0.15) is 48.9 Å². The molecule has 1 N–H and O–H groups in total. The van der Waals surface area contributed by atoms with Crippen LogP contribution in [-0.4, -0.2) is 45.7 Å². The van der Waals surface area contributed by atoms with Gasteiger partial charge in [-0.25, -0.2) is 4.21 Å². The highest BCUT2D eigenvalue weighted by molar-refractivity contribution is 9.10. The molecular formula is C16H23BrN2O2S. The first-order valence-electron chi connectivity index (χ1n) is 7.83. The van der Waals surface area contributed by atoms with E-state index in [-0.39, 0.29) is 6.04 Å². The number of benzene rings is 1. The van der Waals surface area contributed by atoms with Gasteiger partial charge < -0.3 is 4.55 Å². The van der Waals surface area contributed by atoms with Crippen LogP contribution in [0.5, 0.6) is 0 Å². The third kappa shape index (κ3) is 3.04. The molecule has 0 amide bonds. The maximum absolute atomic E-state index is 11.9. The zero-order chi connectivity index (χ0) is 15.9. The van der Waals surface area contributed by atoms with Gasteiger partial charge in [-0.15, -0.1) is 0 Å². The van der Waals surface area contributed by atoms with Gasteiger partial charge in [0, 0.05) is 22.1 Å². The lowest BCUT2D eigenvalue weighted by atomic mass is 9.98. The summed E-state index contributed by atoms with van der Waals surface area (Å²) in [6.07, 6.45) is 4.48. The minimum atomic E-state index is -1.96. The maximum Gasteiger partial charge on any atom is 0.186 e. The average molecular weight is 387 g/mol. The minimum Gasteiger partial charge on any atom is -0.302 e. The molecule has 1 aromatic rings. The fourth-order valence-corrected chi connectivity index (χ4v) is 5.42. The van der Waals surface area contributed by atoms with Crippen LogP contribution >= 0.6 is 15.9 Å². The van der Waals surface area contributed by atoms with Crippen molar-refractivity contribution in [2.75, 3.05) is 27.2 Å². The van der Waals surface area contributed by atoms with Crippen molar-refractivity contribution in [2.45, 2.75) is 42.7 Å². The summed E-state index contributed by atoms with van der Waals surface area (Å²) in [4.78, 5) is 5.17. The van der Waals surface area contributed by atoms with Crippen LogP contribution in [0.3, 0.4) is 0 Å². The van der Waals surface area contributed by atoms with E-state index in [1.807, 2.05) is 6.07 Å². The molecule has 3 unspecified atom stereocenters. The third-order valence-corrected chi connectivity index (χ3v) is 6.43. The summed E-state index contributed by atoms with van der Waals surface area (Å²) in [6.45, 7) is 2.13. The Labute approximate surface area is 143 Å². The van der Waals surface area contributed by atoms with E-state index in [1.54, 1.807) is 0 Å². The van der Waals surface area contributed by atoms with E-state index in [9.17, 15) is 8.76 Å². The van der Waals surface area contributed by atoms with Crippen molar-refractivity contribution in [3.8, 4) is 0 Å². The Bertz CT molecular complexity index is 596. The fraction of sp³-hybridized carbons (Fsp3) is 0.625. The van der Waals surface area contributed by atoms with Crippen LogP contribution in [0, 0.1) is 0 Å². The van der Waals surface area contributed by atoms with E-state index in [1.165, 1.54) is 6.42 Å². The van der Waals surface area contributed by atoms with Crippen LogP contribution in [-0.2, 0) is 11.1 Å². The van der Waals surface area contributed by atoms with Gasteiger partial charge in [0.1, 0.15) is 0 Å². The van der Waals surface area contributed by atoms with Gasteiger partial charge >= 0.3 is 0 Å². The van der Waals surface area contributed by atoms with Crippen molar-refractivity contribution < 1.29 is 8.76 Å². The second-order valence-corrected chi connectivity index (χ2v) is 8.23. The third-order valence-electron chi connectivity index (χ3n) is 5.06. The number of likely N-dealkylation sites (tertiary alicyclic amines) is 2. The lowest BCUT2D eigenvalue weighted by Crippen LogP contribution is -2.21. The standard InChI is InChI=1S/C16H23BrN2O2S/c1-18-7-3-5-13(18)11-9-12(17)16(15(10-11)22(20)21)14-6-4-8-19(14)2/h9-10,13-14H,3-8H2,1-2H3,(H,20,21). The molecule has 6 heteroatoms. The second-order valence-electron chi connectivity index (χ2n) is 6.44. The van der Waals surface area contributed by atoms with E-state index >= 15 is 0 Å². The topological polar surface area (TPSA) is 43.8 Å². The molecule has 2 aliphatic rings. The number of hydrogen-bond acceptors (Lipinski definition) is 3. The van der Waals surface area contributed by atoms with Gasteiger partial charge in [0.25, 0.3) is 0 Å². The second kappa shape index (κ2) is 6.69. The molecule has 2 saturated heterocycles. The van der Waals surface area contributed by atoms with Gasteiger partial charge in [-0.2, -0.15) is 0 Å². The quantitative estimate of drug-likeness (QED) is 0.806. The van der Waals surface area contributed by atoms with Crippen molar-refractivity contribution in [3.05, 3.63) is 27.7 Å². The number of halogens is 1. The summed E-state index contributed by atoms with van der Waals surface area (Å²) >= 11 is 1.72. The molecule has 2 fully saturated rings. The molecule has 22 heavy (non-hydrogen) atoms. The largest absolute Gasteiger partial charge is 0.302 e. The molecule has 2 heterocycles. The molecular weight excluding hydrogens is 364 g/mol. The van der Waals surface area contributed by atoms with E-state index < -0.39 is 11.1 Å². The fourth-order valence-electron chi connectivity index (χ4n) is 3.88. The summed E-state index contributed by atoms with van der Waals surface area (Å²) in [5.41, 5.74) is 2.14. The number of hydrogen-bond donors (Lipinski definition) is 1. The minimum absolute atomic E-state index is 0.232. The van der Waals surface area contributed by atoms with E-state index in [0.717, 1.165) is 48.0 Å². The Morgan fingerprint density at radius 1 is 1.14 bits per heavy atom. The number of nitrogens with zero attached hydrogens (tertiary/aromatic N) is 2. The van der Waals surface area contributed by atoms with Crippen molar-refractivity contribution in [2.24, 2.45) is 0 Å². The molecule has 0 radical (unpaired) electrons. The van der Waals surface area contributed by atoms with Crippen molar-refractivity contribution in [1.82, 2.24) is 9.80 Å². The molecule has 3 rings (SSSR count). The molecule has 0 aliphatic carbocycles. The Balaban J connectivity index is 2.05. The van der Waals surface area contributed by atoms with Gasteiger partial charge in [0.05, 0.1) is 4.90 Å². The normalized spacial score (nSPS) is 28.4. The Hall–Kier alpha value is -0.270. The lowest BCUT2D eigenvalue weighted by molar-refractivity contribution is 0.309. The summed E-state index contributed by atoms with van der Waals surface area (Å²) in [7, 11) is 4.21. The summed E-state index contributed by atoms with van der Waals surface area (Å²) in [5.74, 6) is 0. The molecule has 1 aromatic carbocycles. The van der Waals surface area contributed by atoms with Crippen molar-refractivity contribution >= 4 is 27.0 Å². The predicted molar refractivity (Wildman–Crippen MR) is 92.4 cm³/mol. The van der Waals surface area contributed by atoms with Crippen LogP contribution in [0.25, 0.3) is 0 Å². The van der Waals surface area contributed by atoms with Crippen LogP contribution in [0.15, 0.2) is 21.5 Å². The Morgan fingerprint density at radius 3 is 2.23 bits per heavy atom. The van der Waals surface area contributed by atoms with E-state index in [4.69, 9.17) is 0 Å². The maximum atomic E-state index is 11.9. The summed E-state index contributed by atoms with van der Waals surface area (Å²) in [5, 5.41) is 0. The Kier molecular flexibility index (Phi) is 5.04. The summed E-state index contributed by atoms with van der Waals surface area (Å²) in [6, 6.07) is 4.70. The first kappa shape index (κ1) is 16.6. The van der Waals surface area contributed by atoms with Crippen LogP contribution in [0.2, 0.25) is 0 Å². The zero-order valence-electron chi connectivity index (χ0n) is 13.1. The molecule has 0 aromatic heterocycles. The SMILES string of the molecule is CN1CCCC1c1cc(Br)c(C2CCCN2C)c(S(=O)O)c1. The van der Waals surface area contributed by atoms with Gasteiger partial charge in [-0.3, -0.25) is 9.80 Å². The highest BCUT2D eigenvalue weighted by Gasteiger charge is 2.31. The predicted octanol–water partition coefficient (Wildman–Crippen LogP) is 3.56. The monoisotopic (exact) mass is 386 g/mol. The van der Waals surface area contributed by atoms with E-state index in [0.29, 0.717) is 10.9 Å². The van der Waals surface area contributed by atoms with Gasteiger partial charge in [-0.1, -0.05) is 15.9 Å². The summed E-state index contributed by atoms with van der Waals surface area (Å²) < 4.78 is 22.7. The lowest BCUT2D eigenvalue weighted by Gasteiger charge is -2.26. The van der Waals surface area contributed by atoms with Crippen molar-refractivity contribution in [3.63, 3.8) is 0 Å². The molecule has 4 nitrogen and oxygen atoms in total. The van der Waals surface area contributed by atoms with Crippen molar-refractivity contribution in [1.29, 1.82) is 0 Å².